The Kier molecular flexibility index (Phi) is 3.02. The van der Waals surface area contributed by atoms with Gasteiger partial charge in [-0.2, -0.15) is 0 Å². The van der Waals surface area contributed by atoms with Crippen LogP contribution in [-0.2, 0) is 9.53 Å². The first kappa shape index (κ1) is 12.0. The van der Waals surface area contributed by atoms with Crippen LogP contribution in [0.15, 0.2) is 23.4 Å². The molecule has 2 aliphatic heterocycles. The van der Waals surface area contributed by atoms with Gasteiger partial charge < -0.3 is 9.64 Å². The van der Waals surface area contributed by atoms with Crippen LogP contribution in [0.25, 0.3) is 0 Å². The van der Waals surface area contributed by atoms with Gasteiger partial charge in [-0.15, -0.1) is 0 Å². The van der Waals surface area contributed by atoms with Gasteiger partial charge in [0, 0.05) is 23.7 Å². The molecule has 3 rings (SSSR count). The van der Waals surface area contributed by atoms with Crippen LogP contribution in [0.5, 0.6) is 0 Å². The van der Waals surface area contributed by atoms with Crippen LogP contribution >= 0.6 is 0 Å². The smallest absolute Gasteiger partial charge is 0.160 e. The Bertz CT molecular complexity index is 424. The van der Waals surface area contributed by atoms with Gasteiger partial charge in [0.1, 0.15) is 6.73 Å². The molecular formula is C15H21NO2. The van der Waals surface area contributed by atoms with E-state index in [0.717, 1.165) is 31.6 Å². The molecule has 1 saturated heterocycles. The highest BCUT2D eigenvalue weighted by Gasteiger charge is 2.41. The van der Waals surface area contributed by atoms with E-state index >= 15 is 0 Å². The van der Waals surface area contributed by atoms with Gasteiger partial charge in [-0.3, -0.25) is 4.79 Å². The fourth-order valence-corrected chi connectivity index (χ4v) is 3.28. The molecule has 1 fully saturated rings. The third-order valence-electron chi connectivity index (χ3n) is 4.42. The Morgan fingerprint density at radius 3 is 3.06 bits per heavy atom. The lowest BCUT2D eigenvalue weighted by atomic mass is 9.82. The fraction of sp³-hybridized carbons (Fsp3) is 0.667. The van der Waals surface area contributed by atoms with Crippen molar-refractivity contribution in [1.29, 1.82) is 0 Å². The average Bonchev–Trinajstić information content (AvgIpc) is 2.37. The van der Waals surface area contributed by atoms with Gasteiger partial charge in [0.25, 0.3) is 0 Å². The maximum Gasteiger partial charge on any atom is 0.160 e. The summed E-state index contributed by atoms with van der Waals surface area (Å²) in [6, 6.07) is 0. The fourth-order valence-electron chi connectivity index (χ4n) is 3.28. The van der Waals surface area contributed by atoms with Crippen molar-refractivity contribution in [3.8, 4) is 0 Å². The second-order valence-corrected chi connectivity index (χ2v) is 5.86. The normalized spacial score (nSPS) is 32.7. The summed E-state index contributed by atoms with van der Waals surface area (Å²) < 4.78 is 5.61. The zero-order valence-corrected chi connectivity index (χ0v) is 11.1. The molecule has 1 aliphatic carbocycles. The maximum atomic E-state index is 12.0. The van der Waals surface area contributed by atoms with E-state index in [-0.39, 0.29) is 11.3 Å². The van der Waals surface area contributed by atoms with Crippen LogP contribution in [0.1, 0.15) is 45.4 Å². The molecule has 0 aromatic rings. The van der Waals surface area contributed by atoms with Crippen molar-refractivity contribution in [2.24, 2.45) is 0 Å². The van der Waals surface area contributed by atoms with Crippen molar-refractivity contribution in [2.75, 3.05) is 13.3 Å². The SMILES string of the molecule is C[C@]12CCOCN1C(C1=CCCCC1)=CC(=O)C2. The number of nitrogens with zero attached hydrogens (tertiary/aromatic N) is 1. The molecule has 0 radical (unpaired) electrons. The summed E-state index contributed by atoms with van der Waals surface area (Å²) in [5.41, 5.74) is 2.46. The zero-order valence-electron chi connectivity index (χ0n) is 11.1. The molecule has 0 amide bonds. The summed E-state index contributed by atoms with van der Waals surface area (Å²) in [4.78, 5) is 14.3. The number of hydrogen-bond donors (Lipinski definition) is 0. The van der Waals surface area contributed by atoms with Gasteiger partial charge in [0.05, 0.1) is 6.61 Å². The van der Waals surface area contributed by atoms with Crippen LogP contribution in [0.3, 0.4) is 0 Å². The molecule has 18 heavy (non-hydrogen) atoms. The number of allylic oxidation sites excluding steroid dienone is 3. The van der Waals surface area contributed by atoms with E-state index in [2.05, 4.69) is 17.9 Å². The third kappa shape index (κ3) is 2.01. The Labute approximate surface area is 108 Å². The van der Waals surface area contributed by atoms with Crippen LogP contribution in [0.4, 0.5) is 0 Å². The molecule has 3 heteroatoms. The number of ketones is 1. The number of rotatable bonds is 1. The van der Waals surface area contributed by atoms with Crippen LogP contribution in [0, 0.1) is 0 Å². The summed E-state index contributed by atoms with van der Waals surface area (Å²) in [5.74, 6) is 0.275. The lowest BCUT2D eigenvalue weighted by molar-refractivity contribution is -0.125. The molecule has 0 aromatic carbocycles. The van der Waals surface area contributed by atoms with Crippen molar-refractivity contribution in [3.63, 3.8) is 0 Å². The lowest BCUT2D eigenvalue weighted by Gasteiger charge is -2.49. The van der Waals surface area contributed by atoms with Crippen molar-refractivity contribution in [1.82, 2.24) is 4.90 Å². The molecule has 3 nitrogen and oxygen atoms in total. The summed E-state index contributed by atoms with van der Waals surface area (Å²) >= 11 is 0. The largest absolute Gasteiger partial charge is 0.361 e. The predicted molar refractivity (Wildman–Crippen MR) is 69.9 cm³/mol. The Balaban J connectivity index is 1.95. The van der Waals surface area contributed by atoms with Crippen molar-refractivity contribution >= 4 is 5.78 Å². The highest BCUT2D eigenvalue weighted by molar-refractivity contribution is 5.93. The Morgan fingerprint density at radius 2 is 2.28 bits per heavy atom. The summed E-state index contributed by atoms with van der Waals surface area (Å²) in [7, 11) is 0. The first-order chi connectivity index (χ1) is 8.69. The summed E-state index contributed by atoms with van der Waals surface area (Å²) in [6.07, 6.45) is 10.5. The molecule has 0 N–H and O–H groups in total. The first-order valence-electron chi connectivity index (χ1n) is 6.98. The highest BCUT2D eigenvalue weighted by atomic mass is 16.5. The van der Waals surface area contributed by atoms with E-state index in [9.17, 15) is 4.79 Å². The Hall–Kier alpha value is -1.09. The van der Waals surface area contributed by atoms with E-state index in [1.54, 1.807) is 0 Å². The molecule has 0 unspecified atom stereocenters. The number of carbonyl (C=O) groups is 1. The molecule has 2 heterocycles. The maximum absolute atomic E-state index is 12.0. The minimum Gasteiger partial charge on any atom is -0.361 e. The predicted octanol–water partition coefficient (Wildman–Crippen LogP) is 2.78. The lowest BCUT2D eigenvalue weighted by Crippen LogP contribution is -2.54. The summed E-state index contributed by atoms with van der Waals surface area (Å²) in [5, 5.41) is 0. The van der Waals surface area contributed by atoms with E-state index in [4.69, 9.17) is 4.74 Å². The van der Waals surface area contributed by atoms with Crippen molar-refractivity contribution in [3.05, 3.63) is 23.4 Å². The zero-order chi connectivity index (χ0) is 12.6. The van der Waals surface area contributed by atoms with Gasteiger partial charge in [0.2, 0.25) is 0 Å². The number of hydrogen-bond acceptors (Lipinski definition) is 3. The van der Waals surface area contributed by atoms with Gasteiger partial charge in [0.15, 0.2) is 5.78 Å². The topological polar surface area (TPSA) is 29.5 Å². The minimum atomic E-state index is -0.0301. The number of fused-ring (bicyclic) bond motifs is 1. The third-order valence-corrected chi connectivity index (χ3v) is 4.42. The molecule has 98 valence electrons. The quantitative estimate of drug-likeness (QED) is 0.713. The van der Waals surface area contributed by atoms with Gasteiger partial charge in [-0.05, 0) is 44.6 Å². The van der Waals surface area contributed by atoms with Crippen LogP contribution in [-0.4, -0.2) is 29.6 Å². The molecule has 3 aliphatic rings. The van der Waals surface area contributed by atoms with E-state index in [0.29, 0.717) is 13.2 Å². The summed E-state index contributed by atoms with van der Waals surface area (Å²) in [6.45, 7) is 3.60. The van der Waals surface area contributed by atoms with Crippen molar-refractivity contribution < 1.29 is 9.53 Å². The molecule has 0 saturated carbocycles. The molecular weight excluding hydrogens is 226 g/mol. The van der Waals surface area contributed by atoms with Gasteiger partial charge >= 0.3 is 0 Å². The van der Waals surface area contributed by atoms with Crippen LogP contribution in [0.2, 0.25) is 0 Å². The second kappa shape index (κ2) is 4.54. The number of ether oxygens (including phenoxy) is 1. The van der Waals surface area contributed by atoms with Gasteiger partial charge in [-0.25, -0.2) is 0 Å². The standard InChI is InChI=1S/C15H21NO2/c1-15-7-8-18-11-16(15)14(9-13(17)10-15)12-5-3-2-4-6-12/h5,9H,2-4,6-8,10-11H2,1H3/t15-/m1/s1. The average molecular weight is 247 g/mol. The molecule has 1 atom stereocenters. The second-order valence-electron chi connectivity index (χ2n) is 5.86. The molecule has 0 spiro atoms. The number of carbonyl (C=O) groups excluding carboxylic acids is 1. The molecule has 0 aromatic heterocycles. The van der Waals surface area contributed by atoms with Crippen LogP contribution < -0.4 is 0 Å². The van der Waals surface area contributed by atoms with E-state index in [1.165, 1.54) is 18.4 Å². The Morgan fingerprint density at radius 1 is 1.39 bits per heavy atom. The van der Waals surface area contributed by atoms with E-state index < -0.39 is 0 Å². The first-order valence-corrected chi connectivity index (χ1v) is 6.98. The molecule has 0 bridgehead atoms. The van der Waals surface area contributed by atoms with Gasteiger partial charge in [-0.1, -0.05) is 6.08 Å². The van der Waals surface area contributed by atoms with Crippen molar-refractivity contribution in [2.45, 2.75) is 51.0 Å². The highest BCUT2D eigenvalue weighted by Crippen LogP contribution is 2.39. The minimum absolute atomic E-state index is 0.0301. The van der Waals surface area contributed by atoms with E-state index in [1.807, 2.05) is 6.08 Å². The monoisotopic (exact) mass is 247 g/mol.